The zero-order valence-electron chi connectivity index (χ0n) is 21.1. The van der Waals surface area contributed by atoms with Crippen LogP contribution in [0.15, 0.2) is 78.9 Å². The molecule has 0 radical (unpaired) electrons. The zero-order valence-corrected chi connectivity index (χ0v) is 21.1. The van der Waals surface area contributed by atoms with E-state index in [0.29, 0.717) is 19.6 Å². The summed E-state index contributed by atoms with van der Waals surface area (Å²) in [5, 5.41) is 11.6. The Labute approximate surface area is 217 Å². The number of piperazine rings is 1. The van der Waals surface area contributed by atoms with Crippen LogP contribution in [-0.2, 0) is 4.74 Å². The molecule has 1 amide bonds. The van der Waals surface area contributed by atoms with Crippen molar-refractivity contribution in [2.24, 2.45) is 0 Å². The van der Waals surface area contributed by atoms with Gasteiger partial charge in [0.25, 0.3) is 5.91 Å². The maximum atomic E-state index is 13.0. The summed E-state index contributed by atoms with van der Waals surface area (Å²) in [6.45, 7) is 7.54. The Morgan fingerprint density at radius 3 is 2.24 bits per heavy atom. The molecule has 3 aromatic carbocycles. The lowest BCUT2D eigenvalue weighted by molar-refractivity contribution is 0.0726. The zero-order chi connectivity index (χ0) is 25.2. The number of aromatic nitrogens is 2. The lowest BCUT2D eigenvalue weighted by Crippen LogP contribution is -2.54. The molecule has 0 unspecified atom stereocenters. The molecule has 1 aromatic heterocycles. The molecule has 4 aromatic rings. The molecule has 2 aliphatic rings. The Bertz CT molecular complexity index is 1390. The smallest absolute Gasteiger partial charge is 0.253 e. The van der Waals surface area contributed by atoms with E-state index in [0.717, 1.165) is 59.7 Å². The van der Waals surface area contributed by atoms with Crippen LogP contribution in [-0.4, -0.2) is 73.0 Å². The number of anilines is 2. The first-order chi connectivity index (χ1) is 18.2. The number of fused-ring (bicyclic) bond motifs is 1. The Morgan fingerprint density at radius 1 is 0.811 bits per heavy atom. The van der Waals surface area contributed by atoms with Gasteiger partial charge in [0, 0.05) is 66.4 Å². The van der Waals surface area contributed by atoms with Gasteiger partial charge in [0.2, 0.25) is 0 Å². The van der Waals surface area contributed by atoms with Crippen LogP contribution in [0.3, 0.4) is 0 Å². The van der Waals surface area contributed by atoms with Crippen molar-refractivity contribution in [3.05, 3.63) is 84.4 Å². The third-order valence-corrected chi connectivity index (χ3v) is 7.39. The summed E-state index contributed by atoms with van der Waals surface area (Å²) in [7, 11) is 0. The predicted molar refractivity (Wildman–Crippen MR) is 147 cm³/mol. The van der Waals surface area contributed by atoms with Gasteiger partial charge in [-0.2, -0.15) is 0 Å². The van der Waals surface area contributed by atoms with E-state index in [1.807, 2.05) is 35.2 Å². The Balaban J connectivity index is 1.26. The second kappa shape index (κ2) is 10.2. The number of ether oxygens (including phenoxy) is 1. The minimum absolute atomic E-state index is 0.0823. The second-order valence-electron chi connectivity index (χ2n) is 9.72. The largest absolute Gasteiger partial charge is 0.378 e. The normalized spacial score (nSPS) is 18.3. The van der Waals surface area contributed by atoms with E-state index in [9.17, 15) is 4.79 Å². The highest BCUT2D eigenvalue weighted by Gasteiger charge is 2.29. The molecule has 37 heavy (non-hydrogen) atoms. The molecule has 3 heterocycles. The fourth-order valence-corrected chi connectivity index (χ4v) is 5.39. The van der Waals surface area contributed by atoms with Crippen LogP contribution in [0.1, 0.15) is 17.3 Å². The third-order valence-electron chi connectivity index (χ3n) is 7.39. The molecule has 0 N–H and O–H groups in total. The highest BCUT2D eigenvalue weighted by molar-refractivity contribution is 6.00. The molecule has 7 nitrogen and oxygen atoms in total. The number of morpholine rings is 1. The third kappa shape index (κ3) is 4.62. The first kappa shape index (κ1) is 23.4. The Morgan fingerprint density at radius 2 is 1.51 bits per heavy atom. The summed E-state index contributed by atoms with van der Waals surface area (Å²) in [4.78, 5) is 19.6. The maximum absolute atomic E-state index is 13.0. The number of hydrogen-bond donors (Lipinski definition) is 0. The summed E-state index contributed by atoms with van der Waals surface area (Å²) < 4.78 is 5.49. The van der Waals surface area contributed by atoms with Gasteiger partial charge >= 0.3 is 0 Å². The van der Waals surface area contributed by atoms with E-state index in [4.69, 9.17) is 14.9 Å². The number of amides is 1. The SMILES string of the molecule is C[C@@H]1CN(C(=O)c2ccccc2)CCN1c1nnc(-c2ccc(N3CCOCC3)cc2)c2ccccc12. The van der Waals surface area contributed by atoms with Crippen molar-refractivity contribution >= 4 is 28.2 Å². The monoisotopic (exact) mass is 493 g/mol. The lowest BCUT2D eigenvalue weighted by atomic mass is 10.0. The molecular weight excluding hydrogens is 462 g/mol. The van der Waals surface area contributed by atoms with Crippen molar-refractivity contribution < 1.29 is 9.53 Å². The average Bonchev–Trinajstić information content (AvgIpc) is 2.97. The van der Waals surface area contributed by atoms with Crippen molar-refractivity contribution in [3.8, 4) is 11.3 Å². The maximum Gasteiger partial charge on any atom is 0.253 e. The highest BCUT2D eigenvalue weighted by atomic mass is 16.5. The first-order valence-corrected chi connectivity index (χ1v) is 13.0. The second-order valence-corrected chi connectivity index (χ2v) is 9.72. The minimum Gasteiger partial charge on any atom is -0.378 e. The number of benzene rings is 3. The fraction of sp³-hybridized carbons (Fsp3) is 0.300. The van der Waals surface area contributed by atoms with Gasteiger partial charge in [0.05, 0.1) is 13.2 Å². The molecule has 2 aliphatic heterocycles. The highest BCUT2D eigenvalue weighted by Crippen LogP contribution is 2.33. The van der Waals surface area contributed by atoms with Gasteiger partial charge in [0.15, 0.2) is 5.82 Å². The quantitative estimate of drug-likeness (QED) is 0.418. The Kier molecular flexibility index (Phi) is 6.45. The molecule has 2 fully saturated rings. The lowest BCUT2D eigenvalue weighted by Gasteiger charge is -2.40. The first-order valence-electron chi connectivity index (χ1n) is 13.0. The van der Waals surface area contributed by atoms with Gasteiger partial charge in [-0.3, -0.25) is 4.79 Å². The molecule has 6 rings (SSSR count). The fourth-order valence-electron chi connectivity index (χ4n) is 5.39. The van der Waals surface area contributed by atoms with Crippen LogP contribution >= 0.6 is 0 Å². The average molecular weight is 494 g/mol. The number of carbonyl (C=O) groups is 1. The summed E-state index contributed by atoms with van der Waals surface area (Å²) in [5.41, 5.74) is 3.88. The van der Waals surface area contributed by atoms with Crippen LogP contribution in [0.2, 0.25) is 0 Å². The standard InChI is InChI=1S/C30H31N5O2/c1-22-21-34(30(36)24-7-3-2-4-8-24)15-16-35(22)29-27-10-6-5-9-26(27)28(31-32-29)23-11-13-25(14-12-23)33-17-19-37-20-18-33/h2-14,22H,15-21H2,1H3/t22-/m1/s1. The minimum atomic E-state index is 0.0823. The van der Waals surface area contributed by atoms with Crippen molar-refractivity contribution in [1.29, 1.82) is 0 Å². The number of carbonyl (C=O) groups excluding carboxylic acids is 1. The molecule has 2 saturated heterocycles. The van der Waals surface area contributed by atoms with Gasteiger partial charge < -0.3 is 19.4 Å². The van der Waals surface area contributed by atoms with Crippen LogP contribution in [0.5, 0.6) is 0 Å². The Hall–Kier alpha value is -3.97. The van der Waals surface area contributed by atoms with Crippen LogP contribution in [0, 0.1) is 0 Å². The molecule has 188 valence electrons. The van der Waals surface area contributed by atoms with E-state index in [2.05, 4.69) is 65.3 Å². The van der Waals surface area contributed by atoms with Crippen LogP contribution in [0.4, 0.5) is 11.5 Å². The van der Waals surface area contributed by atoms with Gasteiger partial charge in [-0.15, -0.1) is 10.2 Å². The van der Waals surface area contributed by atoms with Gasteiger partial charge in [-0.05, 0) is 31.2 Å². The van der Waals surface area contributed by atoms with Crippen LogP contribution < -0.4 is 9.80 Å². The summed E-state index contributed by atoms with van der Waals surface area (Å²) in [6, 6.07) is 26.6. The van der Waals surface area contributed by atoms with Crippen molar-refractivity contribution in [1.82, 2.24) is 15.1 Å². The van der Waals surface area contributed by atoms with Gasteiger partial charge in [-0.25, -0.2) is 0 Å². The van der Waals surface area contributed by atoms with Crippen molar-refractivity contribution in [2.75, 3.05) is 55.7 Å². The van der Waals surface area contributed by atoms with E-state index in [1.165, 1.54) is 5.69 Å². The summed E-state index contributed by atoms with van der Waals surface area (Å²) >= 11 is 0. The molecule has 0 spiro atoms. The molecule has 0 bridgehead atoms. The molecule has 7 heteroatoms. The van der Waals surface area contributed by atoms with E-state index >= 15 is 0 Å². The van der Waals surface area contributed by atoms with E-state index in [-0.39, 0.29) is 11.9 Å². The van der Waals surface area contributed by atoms with E-state index < -0.39 is 0 Å². The number of nitrogens with zero attached hydrogens (tertiary/aromatic N) is 5. The van der Waals surface area contributed by atoms with Crippen molar-refractivity contribution in [2.45, 2.75) is 13.0 Å². The molecular formula is C30H31N5O2. The molecule has 1 atom stereocenters. The number of rotatable bonds is 4. The summed E-state index contributed by atoms with van der Waals surface area (Å²) in [6.07, 6.45) is 0. The number of hydrogen-bond acceptors (Lipinski definition) is 6. The van der Waals surface area contributed by atoms with Gasteiger partial charge in [-0.1, -0.05) is 54.6 Å². The topological polar surface area (TPSA) is 61.8 Å². The van der Waals surface area contributed by atoms with Crippen molar-refractivity contribution in [3.63, 3.8) is 0 Å². The van der Waals surface area contributed by atoms with Gasteiger partial charge in [0.1, 0.15) is 5.69 Å². The van der Waals surface area contributed by atoms with E-state index in [1.54, 1.807) is 0 Å². The molecule has 0 saturated carbocycles. The van der Waals surface area contributed by atoms with Crippen LogP contribution in [0.25, 0.3) is 22.0 Å². The summed E-state index contributed by atoms with van der Waals surface area (Å²) in [5.74, 6) is 0.961. The molecule has 0 aliphatic carbocycles. The predicted octanol–water partition coefficient (Wildman–Crippen LogP) is 4.48.